The lowest BCUT2D eigenvalue weighted by Gasteiger charge is -2.28. The summed E-state index contributed by atoms with van der Waals surface area (Å²) in [6, 6.07) is 22.1. The first-order valence-corrected chi connectivity index (χ1v) is 12.9. The summed E-state index contributed by atoms with van der Waals surface area (Å²) in [5.74, 6) is 0. The Bertz CT molecular complexity index is 1420. The highest BCUT2D eigenvalue weighted by molar-refractivity contribution is 7.80. The number of hydrogen-bond acceptors (Lipinski definition) is 3. The van der Waals surface area contributed by atoms with E-state index in [1.54, 1.807) is 6.07 Å². The smallest absolute Gasteiger partial charge is 0.174 e. The van der Waals surface area contributed by atoms with Gasteiger partial charge in [-0.2, -0.15) is 0 Å². The standard InChI is InChI=1S/C28H27Cl2N5S/c1-17-16-21(18(2)34(17)24-10-7-8-22(29)25(24)30)27-26(23-9-5-6-15-31-23)32-28(36)35(27)20-13-11-19(12-14-20)33(3)4/h5-16,26-27H,1-4H3,(H,32,36)/t26-,27-/m0/s1. The van der Waals surface area contributed by atoms with E-state index < -0.39 is 0 Å². The Hall–Kier alpha value is -3.06. The fourth-order valence-corrected chi connectivity index (χ4v) is 5.71. The number of nitrogens with zero attached hydrogens (tertiary/aromatic N) is 4. The SMILES string of the molecule is Cc1cc([C@H]2[C@H](c3ccccn3)NC(=S)N2c2ccc(N(C)C)cc2)c(C)n1-c1cccc(Cl)c1Cl. The molecule has 0 spiro atoms. The molecule has 4 aromatic rings. The van der Waals surface area contributed by atoms with E-state index in [4.69, 9.17) is 35.4 Å². The predicted octanol–water partition coefficient (Wildman–Crippen LogP) is 7.04. The van der Waals surface area contributed by atoms with Gasteiger partial charge in [-0.25, -0.2) is 0 Å². The van der Waals surface area contributed by atoms with Crippen LogP contribution in [0.1, 0.15) is 34.7 Å². The minimum atomic E-state index is -0.129. The first kappa shape index (κ1) is 24.6. The molecule has 1 N–H and O–H groups in total. The molecule has 2 aromatic carbocycles. The van der Waals surface area contributed by atoms with Crippen molar-refractivity contribution < 1.29 is 0 Å². The van der Waals surface area contributed by atoms with Crippen molar-refractivity contribution in [2.24, 2.45) is 0 Å². The van der Waals surface area contributed by atoms with Crippen LogP contribution in [0.4, 0.5) is 11.4 Å². The van der Waals surface area contributed by atoms with Crippen LogP contribution < -0.4 is 15.1 Å². The van der Waals surface area contributed by atoms with Gasteiger partial charge in [0.25, 0.3) is 0 Å². The van der Waals surface area contributed by atoms with Crippen molar-refractivity contribution in [1.29, 1.82) is 0 Å². The van der Waals surface area contributed by atoms with Gasteiger partial charge in [0.1, 0.15) is 0 Å². The Kier molecular flexibility index (Phi) is 6.68. The highest BCUT2D eigenvalue weighted by Gasteiger charge is 2.42. The number of nitrogens with one attached hydrogen (secondary N) is 1. The lowest BCUT2D eigenvalue weighted by Crippen LogP contribution is -2.29. The molecule has 0 aliphatic carbocycles. The lowest BCUT2D eigenvalue weighted by molar-refractivity contribution is 0.565. The van der Waals surface area contributed by atoms with Gasteiger partial charge in [-0.3, -0.25) is 4.98 Å². The van der Waals surface area contributed by atoms with Crippen molar-refractivity contribution in [3.8, 4) is 5.69 Å². The molecule has 8 heteroatoms. The van der Waals surface area contributed by atoms with Gasteiger partial charge in [0.2, 0.25) is 0 Å². The predicted molar refractivity (Wildman–Crippen MR) is 154 cm³/mol. The summed E-state index contributed by atoms with van der Waals surface area (Å²) in [4.78, 5) is 8.96. The zero-order chi connectivity index (χ0) is 25.6. The summed E-state index contributed by atoms with van der Waals surface area (Å²) in [6.45, 7) is 4.20. The number of anilines is 2. The normalized spacial score (nSPS) is 17.4. The van der Waals surface area contributed by atoms with Gasteiger partial charge in [-0.1, -0.05) is 35.3 Å². The molecule has 5 rings (SSSR count). The van der Waals surface area contributed by atoms with E-state index in [0.717, 1.165) is 39.7 Å². The van der Waals surface area contributed by atoms with Gasteiger partial charge in [-0.15, -0.1) is 0 Å². The average molecular weight is 537 g/mol. The zero-order valence-corrected chi connectivity index (χ0v) is 22.9. The molecular formula is C28H27Cl2N5S. The van der Waals surface area contributed by atoms with Crippen LogP contribution in [-0.4, -0.2) is 28.8 Å². The maximum Gasteiger partial charge on any atom is 0.174 e. The molecule has 1 aliphatic heterocycles. The van der Waals surface area contributed by atoms with Gasteiger partial charge in [-0.05, 0) is 86.2 Å². The summed E-state index contributed by atoms with van der Waals surface area (Å²) in [6.07, 6.45) is 1.82. The average Bonchev–Trinajstić information content (AvgIpc) is 3.36. The largest absolute Gasteiger partial charge is 0.378 e. The second kappa shape index (κ2) is 9.77. The highest BCUT2D eigenvalue weighted by atomic mass is 35.5. The van der Waals surface area contributed by atoms with Crippen LogP contribution in [0.15, 0.2) is 72.9 Å². The lowest BCUT2D eigenvalue weighted by atomic mass is 9.96. The quantitative estimate of drug-likeness (QED) is 0.277. The van der Waals surface area contributed by atoms with E-state index in [-0.39, 0.29) is 12.1 Å². The van der Waals surface area contributed by atoms with Crippen LogP contribution in [0.3, 0.4) is 0 Å². The molecule has 3 heterocycles. The van der Waals surface area contributed by atoms with Crippen LogP contribution in [0.5, 0.6) is 0 Å². The second-order valence-corrected chi connectivity index (χ2v) is 10.3. The minimum Gasteiger partial charge on any atom is -0.378 e. The number of aromatic nitrogens is 2. The van der Waals surface area contributed by atoms with Crippen LogP contribution in [0.25, 0.3) is 5.69 Å². The van der Waals surface area contributed by atoms with Crippen molar-refractivity contribution >= 4 is 51.9 Å². The van der Waals surface area contributed by atoms with E-state index in [0.29, 0.717) is 15.2 Å². The summed E-state index contributed by atoms with van der Waals surface area (Å²) < 4.78 is 2.16. The number of halogens is 2. The minimum absolute atomic E-state index is 0.115. The van der Waals surface area contributed by atoms with Gasteiger partial charge in [0.15, 0.2) is 5.11 Å². The van der Waals surface area contributed by atoms with Crippen LogP contribution in [0, 0.1) is 13.8 Å². The van der Waals surface area contributed by atoms with Crippen LogP contribution in [0.2, 0.25) is 10.0 Å². The van der Waals surface area contributed by atoms with E-state index in [2.05, 4.69) is 68.8 Å². The van der Waals surface area contributed by atoms with Crippen molar-refractivity contribution in [2.75, 3.05) is 23.9 Å². The number of benzene rings is 2. The molecule has 1 aliphatic rings. The molecule has 1 saturated heterocycles. The van der Waals surface area contributed by atoms with Crippen LogP contribution in [-0.2, 0) is 0 Å². The van der Waals surface area contributed by atoms with Gasteiger partial charge >= 0.3 is 0 Å². The molecule has 1 fully saturated rings. The number of rotatable bonds is 5. The maximum atomic E-state index is 6.64. The zero-order valence-electron chi connectivity index (χ0n) is 20.5. The number of hydrogen-bond donors (Lipinski definition) is 1. The Morgan fingerprint density at radius 2 is 1.72 bits per heavy atom. The van der Waals surface area contributed by atoms with E-state index in [9.17, 15) is 0 Å². The molecule has 184 valence electrons. The molecule has 36 heavy (non-hydrogen) atoms. The van der Waals surface area contributed by atoms with Crippen molar-refractivity contribution in [3.63, 3.8) is 0 Å². The monoisotopic (exact) mass is 535 g/mol. The molecule has 0 radical (unpaired) electrons. The molecule has 0 unspecified atom stereocenters. The van der Waals surface area contributed by atoms with Crippen molar-refractivity contribution in [2.45, 2.75) is 25.9 Å². The topological polar surface area (TPSA) is 36.3 Å². The fourth-order valence-electron chi connectivity index (χ4n) is 4.98. The summed E-state index contributed by atoms with van der Waals surface area (Å²) >= 11 is 18.9. The van der Waals surface area contributed by atoms with Crippen LogP contribution >= 0.6 is 35.4 Å². The Labute approximate surface area is 227 Å². The van der Waals surface area contributed by atoms with Crippen molar-refractivity contribution in [3.05, 3.63) is 106 Å². The van der Waals surface area contributed by atoms with E-state index >= 15 is 0 Å². The Morgan fingerprint density at radius 1 is 0.972 bits per heavy atom. The maximum absolute atomic E-state index is 6.64. The number of thiocarbonyl (C=S) groups is 1. The first-order valence-electron chi connectivity index (χ1n) is 11.7. The summed E-state index contributed by atoms with van der Waals surface area (Å²) in [7, 11) is 4.07. The highest BCUT2D eigenvalue weighted by Crippen LogP contribution is 2.44. The third-order valence-electron chi connectivity index (χ3n) is 6.70. The first-order chi connectivity index (χ1) is 17.3. The van der Waals surface area contributed by atoms with Gasteiger partial charge in [0, 0.05) is 43.1 Å². The number of aryl methyl sites for hydroxylation is 1. The molecule has 5 nitrogen and oxygen atoms in total. The Balaban J connectivity index is 1.68. The summed E-state index contributed by atoms with van der Waals surface area (Å²) in [5.41, 5.74) is 7.22. The summed E-state index contributed by atoms with van der Waals surface area (Å²) in [5, 5.41) is 5.28. The van der Waals surface area contributed by atoms with Gasteiger partial charge < -0.3 is 19.7 Å². The number of pyridine rings is 1. The van der Waals surface area contributed by atoms with Gasteiger partial charge in [0.05, 0.1) is 33.5 Å². The van der Waals surface area contributed by atoms with E-state index in [1.165, 1.54) is 0 Å². The Morgan fingerprint density at radius 3 is 2.39 bits per heavy atom. The molecule has 2 aromatic heterocycles. The molecule has 0 amide bonds. The fraction of sp³-hybridized carbons (Fsp3) is 0.214. The third kappa shape index (κ3) is 4.23. The molecule has 0 saturated carbocycles. The van der Waals surface area contributed by atoms with E-state index in [1.807, 2.05) is 50.6 Å². The van der Waals surface area contributed by atoms with Crippen molar-refractivity contribution in [1.82, 2.24) is 14.9 Å². The molecular weight excluding hydrogens is 509 g/mol. The molecule has 0 bridgehead atoms. The molecule has 2 atom stereocenters. The second-order valence-electron chi connectivity index (χ2n) is 9.14. The third-order valence-corrected chi connectivity index (χ3v) is 7.83.